The molecule has 0 radical (unpaired) electrons. The highest BCUT2D eigenvalue weighted by atomic mass is 16.7. The van der Waals surface area contributed by atoms with Crippen molar-refractivity contribution in [1.82, 2.24) is 0 Å². The average molecular weight is 985 g/mol. The topological polar surface area (TPSA) is 111 Å². The Balaban J connectivity index is 3.91. The summed E-state index contributed by atoms with van der Waals surface area (Å²) >= 11 is 0. The van der Waals surface area contributed by atoms with Crippen LogP contribution in [0.3, 0.4) is 0 Å². The van der Waals surface area contributed by atoms with E-state index in [1.54, 1.807) is 0 Å². The van der Waals surface area contributed by atoms with Crippen LogP contribution in [0.1, 0.15) is 251 Å². The summed E-state index contributed by atoms with van der Waals surface area (Å²) in [5.41, 5.74) is 0. The molecule has 0 aromatic rings. The third-order valence-corrected chi connectivity index (χ3v) is 12.5. The number of ether oxygens (including phenoxy) is 4. The van der Waals surface area contributed by atoms with Crippen molar-refractivity contribution in [1.29, 1.82) is 0 Å². The first-order valence-electron chi connectivity index (χ1n) is 28.9. The van der Waals surface area contributed by atoms with E-state index in [1.165, 1.54) is 154 Å². The van der Waals surface area contributed by atoms with Crippen molar-refractivity contribution >= 4 is 17.9 Å². The van der Waals surface area contributed by atoms with Crippen LogP contribution < -0.4 is 5.11 Å². The quantitative estimate of drug-likeness (QED) is 0.0195. The molecule has 0 N–H and O–H groups in total. The van der Waals surface area contributed by atoms with Crippen LogP contribution >= 0.6 is 0 Å². The van der Waals surface area contributed by atoms with E-state index in [2.05, 4.69) is 74.6 Å². The van der Waals surface area contributed by atoms with Gasteiger partial charge in [0.2, 0.25) is 0 Å². The molecule has 0 aromatic heterocycles. The zero-order valence-corrected chi connectivity index (χ0v) is 46.1. The van der Waals surface area contributed by atoms with E-state index in [4.69, 9.17) is 18.9 Å². The molecule has 0 aliphatic rings. The minimum Gasteiger partial charge on any atom is -0.545 e. The van der Waals surface area contributed by atoms with E-state index < -0.39 is 24.3 Å². The molecule has 0 amide bonds. The van der Waals surface area contributed by atoms with Crippen LogP contribution in [0.5, 0.6) is 0 Å². The van der Waals surface area contributed by atoms with Crippen LogP contribution in [0.2, 0.25) is 0 Å². The number of carbonyl (C=O) groups is 3. The second-order valence-corrected chi connectivity index (χ2v) is 20.6. The molecule has 0 bridgehead atoms. The van der Waals surface area contributed by atoms with Crippen LogP contribution in [0, 0.1) is 0 Å². The number of allylic oxidation sites excluding steroid dienone is 10. The second-order valence-electron chi connectivity index (χ2n) is 20.6. The minimum absolute atomic E-state index is 0.149. The number of nitrogens with zero attached hydrogens (tertiary/aromatic N) is 1. The Labute approximate surface area is 431 Å². The van der Waals surface area contributed by atoms with Gasteiger partial charge in [0.05, 0.1) is 40.3 Å². The van der Waals surface area contributed by atoms with Gasteiger partial charge in [-0.05, 0) is 57.8 Å². The predicted molar refractivity (Wildman–Crippen MR) is 292 cm³/mol. The molecule has 9 nitrogen and oxygen atoms in total. The molecule has 0 saturated carbocycles. The molecule has 70 heavy (non-hydrogen) atoms. The maximum Gasteiger partial charge on any atom is 0.306 e. The lowest BCUT2D eigenvalue weighted by molar-refractivity contribution is -0.870. The third kappa shape index (κ3) is 52.8. The Hall–Kier alpha value is -3.01. The van der Waals surface area contributed by atoms with E-state index in [9.17, 15) is 19.5 Å². The average Bonchev–Trinajstić information content (AvgIpc) is 3.33. The molecule has 0 aliphatic carbocycles. The van der Waals surface area contributed by atoms with E-state index >= 15 is 0 Å². The summed E-state index contributed by atoms with van der Waals surface area (Å²) in [6.45, 7) is 4.61. The van der Waals surface area contributed by atoms with Crippen molar-refractivity contribution in [2.24, 2.45) is 0 Å². The van der Waals surface area contributed by atoms with Crippen LogP contribution in [0.25, 0.3) is 0 Å². The minimum atomic E-state index is -1.62. The molecule has 9 heteroatoms. The Kier molecular flexibility index (Phi) is 50.1. The van der Waals surface area contributed by atoms with Gasteiger partial charge in [-0.2, -0.15) is 0 Å². The number of hydrogen-bond donors (Lipinski definition) is 0. The lowest BCUT2D eigenvalue weighted by Gasteiger charge is -2.26. The van der Waals surface area contributed by atoms with Gasteiger partial charge >= 0.3 is 11.9 Å². The lowest BCUT2D eigenvalue weighted by Crippen LogP contribution is -2.44. The van der Waals surface area contributed by atoms with Crippen LogP contribution in [0.4, 0.5) is 0 Å². The van der Waals surface area contributed by atoms with Crippen molar-refractivity contribution in [3.63, 3.8) is 0 Å². The zero-order valence-electron chi connectivity index (χ0n) is 46.1. The Morgan fingerprint density at radius 2 is 0.814 bits per heavy atom. The fourth-order valence-corrected chi connectivity index (χ4v) is 8.09. The van der Waals surface area contributed by atoms with Gasteiger partial charge < -0.3 is 33.3 Å². The highest BCUT2D eigenvalue weighted by Gasteiger charge is 2.22. The van der Waals surface area contributed by atoms with Gasteiger partial charge in [-0.25, -0.2) is 0 Å². The molecular formula is C61H109NO8. The van der Waals surface area contributed by atoms with Crippen molar-refractivity contribution in [2.45, 2.75) is 264 Å². The van der Waals surface area contributed by atoms with E-state index in [0.29, 0.717) is 23.9 Å². The molecule has 2 unspecified atom stereocenters. The molecule has 0 aromatic carbocycles. The van der Waals surface area contributed by atoms with E-state index in [0.717, 1.165) is 64.2 Å². The number of carboxylic acid groups (broad SMARTS) is 1. The van der Waals surface area contributed by atoms with Crippen LogP contribution in [-0.2, 0) is 33.3 Å². The van der Waals surface area contributed by atoms with Crippen molar-refractivity contribution in [3.8, 4) is 0 Å². The molecule has 0 spiro atoms. The highest BCUT2D eigenvalue weighted by molar-refractivity contribution is 5.70. The first-order chi connectivity index (χ1) is 34.1. The maximum atomic E-state index is 12.8. The molecule has 0 heterocycles. The van der Waals surface area contributed by atoms with E-state index in [-0.39, 0.29) is 32.2 Å². The molecule has 406 valence electrons. The summed E-state index contributed by atoms with van der Waals surface area (Å²) in [4.78, 5) is 37.0. The van der Waals surface area contributed by atoms with Gasteiger partial charge in [-0.15, -0.1) is 0 Å². The van der Waals surface area contributed by atoms with Gasteiger partial charge in [0.15, 0.2) is 12.4 Å². The fraction of sp³-hybridized carbons (Fsp3) is 0.787. The Morgan fingerprint density at radius 3 is 1.21 bits per heavy atom. The Morgan fingerprint density at radius 1 is 0.443 bits per heavy atom. The van der Waals surface area contributed by atoms with Gasteiger partial charge in [0.1, 0.15) is 13.2 Å². The molecule has 2 atom stereocenters. The number of hydrogen-bond acceptors (Lipinski definition) is 8. The summed E-state index contributed by atoms with van der Waals surface area (Å²) in [5, 5.41) is 11.7. The third-order valence-electron chi connectivity index (χ3n) is 12.5. The van der Waals surface area contributed by atoms with Crippen molar-refractivity contribution in [2.75, 3.05) is 47.5 Å². The van der Waals surface area contributed by atoms with Crippen LogP contribution in [-0.4, -0.2) is 82.3 Å². The summed E-state index contributed by atoms with van der Waals surface area (Å²) in [6, 6.07) is 0. The normalized spacial score (nSPS) is 13.2. The molecule has 0 aliphatic heterocycles. The molecule has 0 saturated heterocycles. The van der Waals surface area contributed by atoms with Gasteiger partial charge in [0, 0.05) is 12.8 Å². The summed E-state index contributed by atoms with van der Waals surface area (Å²) in [6.07, 6.45) is 63.2. The summed E-state index contributed by atoms with van der Waals surface area (Å²) in [7, 11) is 5.92. The number of carboxylic acids is 1. The lowest BCUT2D eigenvalue weighted by atomic mass is 10.0. The monoisotopic (exact) mass is 984 g/mol. The first kappa shape index (κ1) is 67.0. The smallest absolute Gasteiger partial charge is 0.306 e. The second kappa shape index (κ2) is 52.3. The van der Waals surface area contributed by atoms with Crippen molar-refractivity contribution < 1.29 is 42.9 Å². The number of rotatable bonds is 53. The van der Waals surface area contributed by atoms with Gasteiger partial charge in [0.25, 0.3) is 0 Å². The number of esters is 2. The summed E-state index contributed by atoms with van der Waals surface area (Å²) < 4.78 is 22.6. The number of likely N-dealkylation sites (N-methyl/N-ethyl adjacent to an activating group) is 1. The zero-order chi connectivity index (χ0) is 51.3. The first-order valence-corrected chi connectivity index (χ1v) is 28.9. The van der Waals surface area contributed by atoms with Crippen LogP contribution in [0.15, 0.2) is 60.8 Å². The standard InChI is InChI=1S/C61H109NO8/c1-6-8-10-12-14-16-17-18-19-20-21-22-23-24-25-26-27-28-29-30-31-32-33-34-35-36-37-38-39-40-41-42-43-44-46-48-50-52-59(64)70-57(56-69-61(60(65)66)67-54-53-62(3,4)5)55-68-58(63)51-49-47-45-15-13-11-9-7-2/h8,10,14,16,18-19,21-22,24-25,57,61H,6-7,9,11-13,15,17,20,23,26-56H2,1-5H3/b10-8-,16-14-,19-18-,22-21-,25-24-. The number of carbonyl (C=O) groups excluding carboxylic acids is 3. The van der Waals surface area contributed by atoms with Crippen molar-refractivity contribution in [3.05, 3.63) is 60.8 Å². The number of unbranched alkanes of at least 4 members (excludes halogenated alkanes) is 28. The van der Waals surface area contributed by atoms with Gasteiger partial charge in [-0.3, -0.25) is 9.59 Å². The molecule has 0 rings (SSSR count). The fourth-order valence-electron chi connectivity index (χ4n) is 8.09. The Bertz CT molecular complexity index is 1330. The number of quaternary nitrogens is 1. The van der Waals surface area contributed by atoms with Gasteiger partial charge in [-0.1, -0.05) is 242 Å². The molecular weight excluding hydrogens is 875 g/mol. The number of aliphatic carboxylic acids is 1. The SMILES string of the molecule is CC/C=C\C/C=C\C/C=C\C/C=C\C/C=C\CCCCCCCCCCCCCCCCCCCCCCCC(=O)OC(COC(=O)CCCCCCCCCC)COC(OCC[N+](C)(C)C)C(=O)[O-]. The summed E-state index contributed by atoms with van der Waals surface area (Å²) in [5.74, 6) is -2.28. The predicted octanol–water partition coefficient (Wildman–Crippen LogP) is 15.5. The largest absolute Gasteiger partial charge is 0.545 e. The van der Waals surface area contributed by atoms with E-state index in [1.807, 2.05) is 21.1 Å². The maximum absolute atomic E-state index is 12.8. The highest BCUT2D eigenvalue weighted by Crippen LogP contribution is 2.17. The molecule has 0 fully saturated rings.